The summed E-state index contributed by atoms with van der Waals surface area (Å²) in [6.07, 6.45) is 0. The van der Waals surface area contributed by atoms with Gasteiger partial charge in [0, 0.05) is 18.1 Å². The molecule has 0 bridgehead atoms. The zero-order chi connectivity index (χ0) is 15.8. The van der Waals surface area contributed by atoms with Crippen molar-refractivity contribution in [2.75, 3.05) is 12.8 Å². The fourth-order valence-electron chi connectivity index (χ4n) is 1.73. The van der Waals surface area contributed by atoms with Crippen LogP contribution in [0, 0.1) is 12.7 Å². The van der Waals surface area contributed by atoms with E-state index >= 15 is 0 Å². The van der Waals surface area contributed by atoms with Gasteiger partial charge in [0.1, 0.15) is 4.90 Å². The number of thiazole rings is 1. The Balaban J connectivity index is 2.37. The zero-order valence-electron chi connectivity index (χ0n) is 11.3. The van der Waals surface area contributed by atoms with Gasteiger partial charge in [-0.25, -0.2) is 17.8 Å². The van der Waals surface area contributed by atoms with Crippen LogP contribution >= 0.6 is 22.9 Å². The highest BCUT2D eigenvalue weighted by molar-refractivity contribution is 7.89. The first-order chi connectivity index (χ1) is 9.71. The molecule has 0 aliphatic carbocycles. The van der Waals surface area contributed by atoms with E-state index in [1.807, 2.05) is 6.92 Å². The Morgan fingerprint density at radius 3 is 2.71 bits per heavy atom. The first-order valence-corrected chi connectivity index (χ1v) is 8.53. The summed E-state index contributed by atoms with van der Waals surface area (Å²) in [5, 5.41) is 2.25. The van der Waals surface area contributed by atoms with Gasteiger partial charge >= 0.3 is 0 Å². The fraction of sp³-hybridized carbons (Fsp3) is 0.250. The minimum Gasteiger partial charge on any atom is -0.399 e. The summed E-state index contributed by atoms with van der Waals surface area (Å²) in [5.74, 6) is -1.01. The molecule has 0 spiro atoms. The van der Waals surface area contributed by atoms with Crippen molar-refractivity contribution in [3.63, 3.8) is 0 Å². The molecule has 0 aliphatic heterocycles. The number of sulfonamides is 1. The number of rotatable bonds is 4. The molecule has 1 aromatic heterocycles. The molecule has 9 heteroatoms. The normalized spacial score (nSPS) is 12.0. The molecular weight excluding hydrogens is 337 g/mol. The molecule has 0 fully saturated rings. The number of nitrogens with zero attached hydrogens (tertiary/aromatic N) is 2. The Hall–Kier alpha value is -1.22. The highest BCUT2D eigenvalue weighted by atomic mass is 35.5. The second-order valence-corrected chi connectivity index (χ2v) is 7.92. The molecule has 21 heavy (non-hydrogen) atoms. The number of nitrogens with two attached hydrogens (primary N) is 1. The molecule has 0 unspecified atom stereocenters. The van der Waals surface area contributed by atoms with Gasteiger partial charge in [0.05, 0.1) is 22.3 Å². The number of nitrogen functional groups attached to an aromatic ring is 1. The van der Waals surface area contributed by atoms with Crippen molar-refractivity contribution in [2.45, 2.75) is 18.4 Å². The Morgan fingerprint density at radius 2 is 2.14 bits per heavy atom. The molecule has 1 aromatic carbocycles. The van der Waals surface area contributed by atoms with Crippen LogP contribution in [0.2, 0.25) is 5.02 Å². The van der Waals surface area contributed by atoms with Gasteiger partial charge in [-0.1, -0.05) is 11.6 Å². The van der Waals surface area contributed by atoms with E-state index in [-0.39, 0.29) is 17.3 Å². The summed E-state index contributed by atoms with van der Waals surface area (Å²) in [7, 11) is -2.70. The topological polar surface area (TPSA) is 76.3 Å². The Kier molecular flexibility index (Phi) is 4.52. The van der Waals surface area contributed by atoms with Crippen LogP contribution in [-0.4, -0.2) is 24.8 Å². The maximum absolute atomic E-state index is 14.0. The van der Waals surface area contributed by atoms with Crippen molar-refractivity contribution in [3.05, 3.63) is 39.1 Å². The molecule has 2 aromatic rings. The fourth-order valence-corrected chi connectivity index (χ4v) is 3.88. The third kappa shape index (κ3) is 3.34. The molecule has 5 nitrogen and oxygen atoms in total. The van der Waals surface area contributed by atoms with E-state index in [0.29, 0.717) is 5.69 Å². The van der Waals surface area contributed by atoms with E-state index in [4.69, 9.17) is 17.3 Å². The summed E-state index contributed by atoms with van der Waals surface area (Å²) >= 11 is 7.06. The Morgan fingerprint density at radius 1 is 1.48 bits per heavy atom. The Labute approximate surface area is 131 Å². The lowest BCUT2D eigenvalue weighted by atomic mass is 10.3. The number of aromatic nitrogens is 1. The van der Waals surface area contributed by atoms with Crippen molar-refractivity contribution in [1.29, 1.82) is 0 Å². The highest BCUT2D eigenvalue weighted by Crippen LogP contribution is 2.28. The number of aryl methyl sites for hydroxylation is 1. The molecule has 2 N–H and O–H groups in total. The number of anilines is 1. The Bertz CT molecular complexity index is 777. The van der Waals surface area contributed by atoms with Gasteiger partial charge in [0.15, 0.2) is 5.82 Å². The molecule has 0 aliphatic rings. The average molecular weight is 350 g/mol. The predicted octanol–water partition coefficient (Wildman–Crippen LogP) is 2.65. The zero-order valence-corrected chi connectivity index (χ0v) is 13.7. The molecule has 0 atom stereocenters. The summed E-state index contributed by atoms with van der Waals surface area (Å²) in [4.78, 5) is 3.64. The van der Waals surface area contributed by atoms with Crippen LogP contribution in [0.25, 0.3) is 0 Å². The number of benzene rings is 1. The molecule has 0 amide bonds. The van der Waals surface area contributed by atoms with Gasteiger partial charge < -0.3 is 5.73 Å². The predicted molar refractivity (Wildman–Crippen MR) is 81.3 cm³/mol. The monoisotopic (exact) mass is 349 g/mol. The number of halogens is 2. The number of hydrogen-bond donors (Lipinski definition) is 1. The van der Waals surface area contributed by atoms with Crippen LogP contribution in [0.3, 0.4) is 0 Å². The second kappa shape index (κ2) is 5.88. The van der Waals surface area contributed by atoms with Crippen LogP contribution in [0.5, 0.6) is 0 Å². The molecule has 0 saturated carbocycles. The smallest absolute Gasteiger partial charge is 0.246 e. The van der Waals surface area contributed by atoms with Gasteiger partial charge in [0.25, 0.3) is 0 Å². The quantitative estimate of drug-likeness (QED) is 0.861. The molecular formula is C12H13ClFN3O2S2. The van der Waals surface area contributed by atoms with Crippen LogP contribution in [-0.2, 0) is 16.6 Å². The van der Waals surface area contributed by atoms with Crippen molar-refractivity contribution in [1.82, 2.24) is 9.29 Å². The van der Waals surface area contributed by atoms with E-state index in [1.54, 1.807) is 5.38 Å². The highest BCUT2D eigenvalue weighted by Gasteiger charge is 2.27. The van der Waals surface area contributed by atoms with Crippen LogP contribution < -0.4 is 5.73 Å². The summed E-state index contributed by atoms with van der Waals surface area (Å²) < 4.78 is 39.8. The molecule has 114 valence electrons. The minimum atomic E-state index is -4.05. The van der Waals surface area contributed by atoms with Gasteiger partial charge in [-0.15, -0.1) is 11.3 Å². The SMILES string of the molecule is Cc1nc(CN(C)S(=O)(=O)c2cc(N)cc(Cl)c2F)cs1. The van der Waals surface area contributed by atoms with Crippen molar-refractivity contribution in [3.8, 4) is 0 Å². The second-order valence-electron chi connectivity index (χ2n) is 4.43. The largest absolute Gasteiger partial charge is 0.399 e. The average Bonchev–Trinajstić information content (AvgIpc) is 2.79. The maximum atomic E-state index is 14.0. The summed E-state index contributed by atoms with van der Waals surface area (Å²) in [6, 6.07) is 2.22. The van der Waals surface area contributed by atoms with Crippen LogP contribution in [0.15, 0.2) is 22.4 Å². The van der Waals surface area contributed by atoms with Crippen LogP contribution in [0.4, 0.5) is 10.1 Å². The minimum absolute atomic E-state index is 0.0402. The summed E-state index contributed by atoms with van der Waals surface area (Å²) in [6.45, 7) is 1.86. The maximum Gasteiger partial charge on any atom is 0.246 e. The van der Waals surface area contributed by atoms with Gasteiger partial charge in [-0.3, -0.25) is 0 Å². The van der Waals surface area contributed by atoms with Crippen LogP contribution in [0.1, 0.15) is 10.7 Å². The first-order valence-electron chi connectivity index (χ1n) is 5.83. The molecule has 1 heterocycles. The van der Waals surface area contributed by atoms with Gasteiger partial charge in [0.2, 0.25) is 10.0 Å². The first kappa shape index (κ1) is 16.2. The van der Waals surface area contributed by atoms with Gasteiger partial charge in [-0.05, 0) is 19.1 Å². The van der Waals surface area contributed by atoms with E-state index < -0.39 is 20.7 Å². The van der Waals surface area contributed by atoms with Crippen molar-refractivity contribution < 1.29 is 12.8 Å². The lowest BCUT2D eigenvalue weighted by Crippen LogP contribution is -2.27. The van der Waals surface area contributed by atoms with Gasteiger partial charge in [-0.2, -0.15) is 4.31 Å². The molecule has 0 saturated heterocycles. The standard InChI is InChI=1S/C12H13ClFN3O2S2/c1-7-16-9(6-20-7)5-17(2)21(18,19)11-4-8(15)3-10(13)12(11)14/h3-4,6H,5,15H2,1-2H3. The third-order valence-corrected chi connectivity index (χ3v) is 5.66. The number of hydrogen-bond acceptors (Lipinski definition) is 5. The molecule has 2 rings (SSSR count). The summed E-state index contributed by atoms with van der Waals surface area (Å²) in [5.41, 5.74) is 6.21. The van der Waals surface area contributed by atoms with E-state index in [2.05, 4.69) is 4.98 Å². The van der Waals surface area contributed by atoms with E-state index in [9.17, 15) is 12.8 Å². The third-order valence-electron chi connectivity index (χ3n) is 2.76. The van der Waals surface area contributed by atoms with Crippen molar-refractivity contribution in [2.24, 2.45) is 0 Å². The van der Waals surface area contributed by atoms with E-state index in [0.717, 1.165) is 15.4 Å². The van der Waals surface area contributed by atoms with E-state index in [1.165, 1.54) is 24.5 Å². The van der Waals surface area contributed by atoms with Crippen molar-refractivity contribution >= 4 is 38.6 Å². The lowest BCUT2D eigenvalue weighted by molar-refractivity contribution is 0.456. The molecule has 0 radical (unpaired) electrons. The lowest BCUT2D eigenvalue weighted by Gasteiger charge is -2.17.